The third-order valence-electron chi connectivity index (χ3n) is 4.68. The quantitative estimate of drug-likeness (QED) is 0.742. The number of halogens is 2. The Hall–Kier alpha value is -1.34. The third-order valence-corrected chi connectivity index (χ3v) is 4.68. The van der Waals surface area contributed by atoms with E-state index in [9.17, 15) is 4.79 Å². The molecular formula is C18H27Cl2N3O3. The Labute approximate surface area is 166 Å². The van der Waals surface area contributed by atoms with Crippen LogP contribution in [0.2, 0.25) is 0 Å². The van der Waals surface area contributed by atoms with Crippen molar-refractivity contribution in [3.8, 4) is 0 Å². The molecule has 0 spiro atoms. The number of ether oxygens (including phenoxy) is 1. The van der Waals surface area contributed by atoms with Gasteiger partial charge in [0, 0.05) is 31.9 Å². The molecule has 1 aliphatic rings. The first-order valence-electron chi connectivity index (χ1n) is 8.52. The van der Waals surface area contributed by atoms with E-state index in [0.717, 1.165) is 37.0 Å². The highest BCUT2D eigenvalue weighted by Crippen LogP contribution is 2.28. The second-order valence-corrected chi connectivity index (χ2v) is 6.54. The van der Waals surface area contributed by atoms with Gasteiger partial charge in [-0.1, -0.05) is 12.1 Å². The SMILES string of the molecule is COCC1(CNC(=O)CCc2nc3ccccc3o2)CCNCC1.Cl.Cl. The number of nitrogens with one attached hydrogen (secondary N) is 2. The molecule has 1 aromatic carbocycles. The van der Waals surface area contributed by atoms with Crippen molar-refractivity contribution in [2.24, 2.45) is 5.41 Å². The number of carbonyl (C=O) groups excluding carboxylic acids is 1. The molecule has 8 heteroatoms. The molecule has 3 rings (SSSR count). The van der Waals surface area contributed by atoms with Crippen LogP contribution in [-0.4, -0.2) is 44.2 Å². The molecule has 0 saturated carbocycles. The number of benzene rings is 1. The number of hydrogen-bond donors (Lipinski definition) is 2. The van der Waals surface area contributed by atoms with Crippen molar-refractivity contribution in [2.75, 3.05) is 33.4 Å². The molecule has 1 aliphatic heterocycles. The zero-order valence-electron chi connectivity index (χ0n) is 15.0. The maximum atomic E-state index is 12.2. The van der Waals surface area contributed by atoms with Crippen molar-refractivity contribution in [2.45, 2.75) is 25.7 Å². The Morgan fingerprint density at radius 1 is 1.31 bits per heavy atom. The van der Waals surface area contributed by atoms with Crippen LogP contribution in [0.15, 0.2) is 28.7 Å². The van der Waals surface area contributed by atoms with Crippen LogP contribution in [0.1, 0.15) is 25.2 Å². The first-order valence-corrected chi connectivity index (χ1v) is 8.52. The van der Waals surface area contributed by atoms with Crippen molar-refractivity contribution in [3.63, 3.8) is 0 Å². The summed E-state index contributed by atoms with van der Waals surface area (Å²) < 4.78 is 11.0. The smallest absolute Gasteiger partial charge is 0.220 e. The van der Waals surface area contributed by atoms with Gasteiger partial charge >= 0.3 is 0 Å². The number of oxazole rings is 1. The molecule has 0 radical (unpaired) electrons. The number of amides is 1. The zero-order valence-corrected chi connectivity index (χ0v) is 16.6. The molecule has 6 nitrogen and oxygen atoms in total. The van der Waals surface area contributed by atoms with Gasteiger partial charge in [-0.05, 0) is 38.1 Å². The number of nitrogens with zero attached hydrogens (tertiary/aromatic N) is 1. The molecule has 0 bridgehead atoms. The van der Waals surface area contributed by atoms with E-state index in [-0.39, 0.29) is 36.1 Å². The van der Waals surface area contributed by atoms with Crippen LogP contribution in [-0.2, 0) is 16.0 Å². The summed E-state index contributed by atoms with van der Waals surface area (Å²) >= 11 is 0. The minimum atomic E-state index is 0. The summed E-state index contributed by atoms with van der Waals surface area (Å²) in [5, 5.41) is 6.42. The van der Waals surface area contributed by atoms with Crippen LogP contribution in [0.25, 0.3) is 11.1 Å². The van der Waals surface area contributed by atoms with E-state index in [4.69, 9.17) is 9.15 Å². The molecule has 1 aromatic heterocycles. The molecule has 26 heavy (non-hydrogen) atoms. The number of piperidine rings is 1. The summed E-state index contributed by atoms with van der Waals surface area (Å²) in [5.41, 5.74) is 1.65. The van der Waals surface area contributed by atoms with Crippen LogP contribution in [0.4, 0.5) is 0 Å². The van der Waals surface area contributed by atoms with Crippen LogP contribution in [0, 0.1) is 5.41 Å². The average molecular weight is 404 g/mol. The van der Waals surface area contributed by atoms with E-state index >= 15 is 0 Å². The summed E-state index contributed by atoms with van der Waals surface area (Å²) in [5.74, 6) is 0.645. The third kappa shape index (κ3) is 5.84. The summed E-state index contributed by atoms with van der Waals surface area (Å²) in [6.45, 7) is 3.29. The summed E-state index contributed by atoms with van der Waals surface area (Å²) in [6, 6.07) is 7.64. The number of rotatable bonds is 7. The number of fused-ring (bicyclic) bond motifs is 1. The Kier molecular flexibility index (Phi) is 9.36. The second kappa shape index (κ2) is 10.7. The lowest BCUT2D eigenvalue weighted by atomic mass is 9.79. The maximum Gasteiger partial charge on any atom is 0.220 e. The Balaban J connectivity index is 0.00000169. The van der Waals surface area contributed by atoms with Crippen molar-refractivity contribution in [1.82, 2.24) is 15.6 Å². The van der Waals surface area contributed by atoms with Gasteiger partial charge in [0.2, 0.25) is 5.91 Å². The lowest BCUT2D eigenvalue weighted by Crippen LogP contribution is -2.47. The first-order chi connectivity index (χ1) is 11.7. The summed E-state index contributed by atoms with van der Waals surface area (Å²) in [4.78, 5) is 16.6. The van der Waals surface area contributed by atoms with Gasteiger partial charge in [0.25, 0.3) is 0 Å². The van der Waals surface area contributed by atoms with Crippen LogP contribution in [0.3, 0.4) is 0 Å². The fourth-order valence-electron chi connectivity index (χ4n) is 3.26. The van der Waals surface area contributed by atoms with Crippen molar-refractivity contribution >= 4 is 41.8 Å². The predicted octanol–water partition coefficient (Wildman–Crippen LogP) is 2.74. The Morgan fingerprint density at radius 3 is 2.73 bits per heavy atom. The molecule has 2 heterocycles. The van der Waals surface area contributed by atoms with Gasteiger partial charge in [-0.3, -0.25) is 4.79 Å². The highest BCUT2D eigenvalue weighted by molar-refractivity contribution is 5.85. The molecule has 2 aromatic rings. The molecule has 1 saturated heterocycles. The lowest BCUT2D eigenvalue weighted by molar-refractivity contribution is -0.122. The van der Waals surface area contributed by atoms with E-state index in [2.05, 4.69) is 15.6 Å². The van der Waals surface area contributed by atoms with E-state index in [1.807, 2.05) is 24.3 Å². The van der Waals surface area contributed by atoms with Gasteiger partial charge < -0.3 is 19.8 Å². The number of methoxy groups -OCH3 is 1. The average Bonchev–Trinajstić information content (AvgIpc) is 3.02. The number of aromatic nitrogens is 1. The van der Waals surface area contributed by atoms with E-state index in [1.165, 1.54) is 0 Å². The van der Waals surface area contributed by atoms with Crippen molar-refractivity contribution < 1.29 is 13.9 Å². The number of hydrogen-bond acceptors (Lipinski definition) is 5. The maximum absolute atomic E-state index is 12.2. The highest BCUT2D eigenvalue weighted by Gasteiger charge is 2.32. The summed E-state index contributed by atoms with van der Waals surface area (Å²) in [7, 11) is 1.72. The lowest BCUT2D eigenvalue weighted by Gasteiger charge is -2.37. The highest BCUT2D eigenvalue weighted by atomic mass is 35.5. The molecule has 146 valence electrons. The molecule has 1 amide bonds. The largest absolute Gasteiger partial charge is 0.441 e. The van der Waals surface area contributed by atoms with E-state index in [0.29, 0.717) is 31.9 Å². The van der Waals surface area contributed by atoms with Gasteiger partial charge in [-0.2, -0.15) is 0 Å². The molecule has 0 aliphatic carbocycles. The fourth-order valence-corrected chi connectivity index (χ4v) is 3.26. The number of carbonyl (C=O) groups is 1. The molecule has 0 atom stereocenters. The van der Waals surface area contributed by atoms with Gasteiger partial charge in [-0.25, -0.2) is 4.98 Å². The van der Waals surface area contributed by atoms with Gasteiger partial charge in [0.1, 0.15) is 5.52 Å². The molecule has 1 fully saturated rings. The molecular weight excluding hydrogens is 377 g/mol. The number of para-hydroxylation sites is 2. The zero-order chi connectivity index (χ0) is 16.8. The molecule has 2 N–H and O–H groups in total. The summed E-state index contributed by atoms with van der Waals surface area (Å²) in [6.07, 6.45) is 2.94. The van der Waals surface area contributed by atoms with Gasteiger partial charge in [0.05, 0.1) is 6.61 Å². The van der Waals surface area contributed by atoms with Crippen LogP contribution < -0.4 is 10.6 Å². The topological polar surface area (TPSA) is 76.4 Å². The Bertz CT molecular complexity index is 649. The van der Waals surface area contributed by atoms with Crippen LogP contribution in [0.5, 0.6) is 0 Å². The van der Waals surface area contributed by atoms with Crippen LogP contribution >= 0.6 is 24.8 Å². The van der Waals surface area contributed by atoms with E-state index in [1.54, 1.807) is 7.11 Å². The Morgan fingerprint density at radius 2 is 2.04 bits per heavy atom. The predicted molar refractivity (Wildman–Crippen MR) is 106 cm³/mol. The second-order valence-electron chi connectivity index (χ2n) is 6.54. The fraction of sp³-hybridized carbons (Fsp3) is 0.556. The molecule has 0 unspecified atom stereocenters. The van der Waals surface area contributed by atoms with Gasteiger partial charge in [0.15, 0.2) is 11.5 Å². The number of aryl methyl sites for hydroxylation is 1. The van der Waals surface area contributed by atoms with Gasteiger partial charge in [-0.15, -0.1) is 24.8 Å². The minimum Gasteiger partial charge on any atom is -0.441 e. The van der Waals surface area contributed by atoms with E-state index < -0.39 is 0 Å². The van der Waals surface area contributed by atoms with Crippen molar-refractivity contribution in [3.05, 3.63) is 30.2 Å². The first kappa shape index (κ1) is 22.7. The minimum absolute atomic E-state index is 0. The standard InChI is InChI=1S/C18H25N3O3.2ClH/c1-23-13-18(8-10-19-11-9-18)12-20-16(22)6-7-17-21-14-4-2-3-5-15(14)24-17;;/h2-5,19H,6-13H2,1H3,(H,20,22);2*1H. The normalized spacial score (nSPS) is 15.7. The van der Waals surface area contributed by atoms with Crippen molar-refractivity contribution in [1.29, 1.82) is 0 Å². The monoisotopic (exact) mass is 403 g/mol.